The number of benzene rings is 3. The lowest BCUT2D eigenvalue weighted by molar-refractivity contribution is -0.137. The van der Waals surface area contributed by atoms with E-state index in [4.69, 9.17) is 5.11 Å². The first-order valence-corrected chi connectivity index (χ1v) is 16.9. The van der Waals surface area contributed by atoms with Gasteiger partial charge in [-0.2, -0.15) is 0 Å². The van der Waals surface area contributed by atoms with Gasteiger partial charge in [0.25, 0.3) is 5.91 Å². The van der Waals surface area contributed by atoms with Crippen LogP contribution in [0, 0.1) is 0 Å². The van der Waals surface area contributed by atoms with Gasteiger partial charge in [0.05, 0.1) is 6.04 Å². The number of aliphatic carboxylic acids is 1. The fourth-order valence-electron chi connectivity index (χ4n) is 7.06. The van der Waals surface area contributed by atoms with E-state index < -0.39 is 5.97 Å². The number of unbranched alkanes of at least 4 members (excludes halogenated alkanes) is 3. The summed E-state index contributed by atoms with van der Waals surface area (Å²) in [6.45, 7) is 11.4. The average Bonchev–Trinajstić information content (AvgIpc) is 3.05. The lowest BCUT2D eigenvalue weighted by atomic mass is 9.92. The first-order chi connectivity index (χ1) is 22.3. The van der Waals surface area contributed by atoms with Gasteiger partial charge in [0.2, 0.25) is 0 Å². The maximum absolute atomic E-state index is 13.8. The van der Waals surface area contributed by atoms with Crippen molar-refractivity contribution in [3.05, 3.63) is 101 Å². The van der Waals surface area contributed by atoms with Gasteiger partial charge in [-0.3, -0.25) is 24.3 Å². The molecule has 2 N–H and O–H groups in total. The van der Waals surface area contributed by atoms with Crippen LogP contribution in [-0.4, -0.2) is 99.6 Å². The van der Waals surface area contributed by atoms with E-state index in [9.17, 15) is 14.7 Å². The van der Waals surface area contributed by atoms with Crippen molar-refractivity contribution in [2.45, 2.75) is 70.6 Å². The van der Waals surface area contributed by atoms with Gasteiger partial charge in [-0.05, 0) is 74.2 Å². The molecule has 8 nitrogen and oxygen atoms in total. The Morgan fingerprint density at radius 1 is 0.783 bits per heavy atom. The molecule has 2 aliphatic heterocycles. The van der Waals surface area contributed by atoms with Crippen LogP contribution < -0.4 is 0 Å². The number of phenolic OH excluding ortho intramolecular Hbond substituents is 1. The molecule has 3 aromatic carbocycles. The highest BCUT2D eigenvalue weighted by Gasteiger charge is 2.35. The molecule has 2 heterocycles. The third kappa shape index (κ3) is 8.96. The molecule has 0 radical (unpaired) electrons. The van der Waals surface area contributed by atoms with E-state index in [1.165, 1.54) is 5.56 Å². The highest BCUT2D eigenvalue weighted by Crippen LogP contribution is 2.35. The van der Waals surface area contributed by atoms with E-state index in [0.717, 1.165) is 76.1 Å². The molecule has 1 unspecified atom stereocenters. The maximum Gasteiger partial charge on any atom is 0.303 e. The van der Waals surface area contributed by atoms with E-state index in [1.807, 2.05) is 29.2 Å². The largest absolute Gasteiger partial charge is 0.508 e. The summed E-state index contributed by atoms with van der Waals surface area (Å²) in [5.74, 6) is -0.405. The number of hydrogen-bond acceptors (Lipinski definition) is 6. The number of carboxylic acids is 1. The molecular formula is C38H50N4O4. The third-order valence-corrected chi connectivity index (χ3v) is 9.63. The first-order valence-electron chi connectivity index (χ1n) is 16.9. The van der Waals surface area contributed by atoms with Crippen molar-refractivity contribution in [2.24, 2.45) is 0 Å². The molecule has 0 bridgehead atoms. The Balaban J connectivity index is 1.25. The monoisotopic (exact) mass is 626 g/mol. The van der Waals surface area contributed by atoms with Crippen LogP contribution in [0.4, 0.5) is 0 Å². The molecule has 0 spiro atoms. The van der Waals surface area contributed by atoms with Gasteiger partial charge in [0, 0.05) is 69.9 Å². The Hall–Kier alpha value is -3.72. The van der Waals surface area contributed by atoms with Crippen molar-refractivity contribution in [3.8, 4) is 5.75 Å². The number of rotatable bonds is 13. The minimum Gasteiger partial charge on any atom is -0.508 e. The highest BCUT2D eigenvalue weighted by molar-refractivity contribution is 5.94. The fourth-order valence-corrected chi connectivity index (χ4v) is 7.06. The zero-order valence-electron chi connectivity index (χ0n) is 27.4. The quantitative estimate of drug-likeness (QED) is 0.230. The lowest BCUT2D eigenvalue weighted by Gasteiger charge is -2.47. The van der Waals surface area contributed by atoms with E-state index in [0.29, 0.717) is 24.7 Å². The molecule has 0 aliphatic carbocycles. The third-order valence-electron chi connectivity index (χ3n) is 9.63. The molecule has 0 saturated carbocycles. The van der Waals surface area contributed by atoms with Crippen LogP contribution in [0.1, 0.15) is 79.0 Å². The highest BCUT2D eigenvalue weighted by atomic mass is 16.4. The summed E-state index contributed by atoms with van der Waals surface area (Å²) in [4.78, 5) is 33.9. The van der Waals surface area contributed by atoms with Gasteiger partial charge >= 0.3 is 5.97 Å². The average molecular weight is 627 g/mol. The summed E-state index contributed by atoms with van der Waals surface area (Å²) in [6, 6.07) is 26.8. The maximum atomic E-state index is 13.8. The van der Waals surface area contributed by atoms with E-state index in [1.54, 1.807) is 6.07 Å². The van der Waals surface area contributed by atoms with Gasteiger partial charge in [-0.1, -0.05) is 67.4 Å². The summed E-state index contributed by atoms with van der Waals surface area (Å²) in [6.07, 6.45) is 4.04. The molecule has 2 saturated heterocycles. The summed E-state index contributed by atoms with van der Waals surface area (Å²) >= 11 is 0. The van der Waals surface area contributed by atoms with Crippen molar-refractivity contribution in [2.75, 3.05) is 45.8 Å². The molecular weight excluding hydrogens is 576 g/mol. The Labute approximate surface area is 274 Å². The SMILES string of the molecule is C[C@@H]1CN(C(c2cccc(O)c2)c2cccc(C(=O)N3CCN(CCCCCCC(=O)O)CC3)c2)[C@H](C)CN1Cc1ccccc1. The first kappa shape index (κ1) is 33.6. The van der Waals surface area contributed by atoms with Crippen LogP contribution in [0.15, 0.2) is 78.9 Å². The summed E-state index contributed by atoms with van der Waals surface area (Å²) in [5.41, 5.74) is 4.11. The number of nitrogens with zero attached hydrogens (tertiary/aromatic N) is 4. The van der Waals surface area contributed by atoms with E-state index >= 15 is 0 Å². The molecule has 46 heavy (non-hydrogen) atoms. The predicted molar refractivity (Wildman–Crippen MR) is 182 cm³/mol. The van der Waals surface area contributed by atoms with Crippen LogP contribution in [0.2, 0.25) is 0 Å². The molecule has 2 aliphatic rings. The molecule has 3 atom stereocenters. The zero-order valence-corrected chi connectivity index (χ0v) is 27.4. The zero-order chi connectivity index (χ0) is 32.5. The molecule has 5 rings (SSSR count). The van der Waals surface area contributed by atoms with Crippen LogP contribution >= 0.6 is 0 Å². The summed E-state index contributed by atoms with van der Waals surface area (Å²) in [7, 11) is 0. The summed E-state index contributed by atoms with van der Waals surface area (Å²) in [5, 5.41) is 19.3. The Morgan fingerprint density at radius 3 is 2.20 bits per heavy atom. The fraction of sp³-hybridized carbons (Fsp3) is 0.474. The normalized spacial score (nSPS) is 20.4. The Kier molecular flexibility index (Phi) is 11.9. The molecule has 1 amide bonds. The number of piperazine rings is 2. The van der Waals surface area contributed by atoms with Crippen LogP contribution in [0.3, 0.4) is 0 Å². The topological polar surface area (TPSA) is 87.6 Å². The van der Waals surface area contributed by atoms with Crippen molar-refractivity contribution < 1.29 is 19.8 Å². The van der Waals surface area contributed by atoms with Gasteiger partial charge in [-0.25, -0.2) is 0 Å². The number of phenols is 1. The van der Waals surface area contributed by atoms with Crippen molar-refractivity contribution in [1.82, 2.24) is 19.6 Å². The van der Waals surface area contributed by atoms with Gasteiger partial charge in [-0.15, -0.1) is 0 Å². The lowest BCUT2D eigenvalue weighted by Crippen LogP contribution is -2.56. The van der Waals surface area contributed by atoms with E-state index in [-0.39, 0.29) is 30.2 Å². The second-order valence-electron chi connectivity index (χ2n) is 13.1. The Bertz CT molecular complexity index is 1420. The van der Waals surface area contributed by atoms with Crippen molar-refractivity contribution >= 4 is 11.9 Å². The smallest absolute Gasteiger partial charge is 0.303 e. The number of amides is 1. The molecule has 0 aromatic heterocycles. The molecule has 8 heteroatoms. The molecule has 246 valence electrons. The second kappa shape index (κ2) is 16.2. The summed E-state index contributed by atoms with van der Waals surface area (Å²) < 4.78 is 0. The van der Waals surface area contributed by atoms with Crippen LogP contribution in [0.25, 0.3) is 0 Å². The van der Waals surface area contributed by atoms with Crippen LogP contribution in [-0.2, 0) is 11.3 Å². The van der Waals surface area contributed by atoms with Gasteiger partial charge < -0.3 is 15.1 Å². The number of carboxylic acid groups (broad SMARTS) is 1. The van der Waals surface area contributed by atoms with Crippen LogP contribution in [0.5, 0.6) is 5.75 Å². The van der Waals surface area contributed by atoms with Crippen molar-refractivity contribution in [1.29, 1.82) is 0 Å². The van der Waals surface area contributed by atoms with E-state index in [2.05, 4.69) is 77.1 Å². The second-order valence-corrected chi connectivity index (χ2v) is 13.1. The minimum atomic E-state index is -0.720. The standard InChI is InChI=1S/C38H50N4O4/c1-29-27-42(30(2)26-41(29)28-31-12-6-5-7-13-31)37(33-15-11-17-35(43)25-33)32-14-10-16-34(24-32)38(46)40-22-20-39(21-23-40)19-9-4-3-8-18-36(44)45/h5-7,10-17,24-25,29-30,37,43H,3-4,8-9,18-23,26-28H2,1-2H3,(H,44,45)/t29-,30-,37?/m1/s1. The Morgan fingerprint density at radius 2 is 1.48 bits per heavy atom. The van der Waals surface area contributed by atoms with Crippen molar-refractivity contribution in [3.63, 3.8) is 0 Å². The number of carbonyl (C=O) groups is 2. The predicted octanol–water partition coefficient (Wildman–Crippen LogP) is 5.87. The number of aromatic hydroxyl groups is 1. The van der Waals surface area contributed by atoms with Gasteiger partial charge in [0.1, 0.15) is 5.75 Å². The molecule has 2 fully saturated rings. The minimum absolute atomic E-state index is 0.0685. The number of carbonyl (C=O) groups excluding carboxylic acids is 1. The number of hydrogen-bond donors (Lipinski definition) is 2. The molecule has 3 aromatic rings. The van der Waals surface area contributed by atoms with Gasteiger partial charge in [0.15, 0.2) is 0 Å².